The van der Waals surface area contributed by atoms with E-state index in [0.717, 1.165) is 77.0 Å². The van der Waals surface area contributed by atoms with E-state index in [2.05, 4.69) is 87.6 Å². The van der Waals surface area contributed by atoms with Crippen LogP contribution < -0.4 is 0 Å². The fraction of sp³-hybridized carbons (Fsp3) is 0.746. The molecule has 0 unspecified atom stereocenters. The number of ether oxygens (including phenoxy) is 3. The summed E-state index contributed by atoms with van der Waals surface area (Å²) in [6.07, 6.45) is 67.6. The van der Waals surface area contributed by atoms with Crippen molar-refractivity contribution in [2.45, 2.75) is 271 Å². The van der Waals surface area contributed by atoms with E-state index in [1.165, 1.54) is 141 Å². The summed E-state index contributed by atoms with van der Waals surface area (Å²) in [5.41, 5.74) is 0. The largest absolute Gasteiger partial charge is 0.462 e. The summed E-state index contributed by atoms with van der Waals surface area (Å²) in [4.78, 5) is 38.0. The molecule has 374 valence electrons. The lowest BCUT2D eigenvalue weighted by atomic mass is 10.0. The highest BCUT2D eigenvalue weighted by Gasteiger charge is 2.19. The zero-order valence-corrected chi connectivity index (χ0v) is 42.7. The van der Waals surface area contributed by atoms with E-state index in [9.17, 15) is 14.4 Å². The molecular weight excluding hydrogens is 805 g/mol. The number of rotatable bonds is 49. The number of hydrogen-bond acceptors (Lipinski definition) is 6. The zero-order chi connectivity index (χ0) is 47.2. The molecule has 0 heterocycles. The lowest BCUT2D eigenvalue weighted by Crippen LogP contribution is -2.30. The minimum absolute atomic E-state index is 0.0950. The van der Waals surface area contributed by atoms with Gasteiger partial charge >= 0.3 is 17.9 Å². The minimum Gasteiger partial charge on any atom is -0.462 e. The number of unbranched alkanes of at least 4 members (excludes halogenated alkanes) is 26. The monoisotopic (exact) mass is 907 g/mol. The number of hydrogen-bond donors (Lipinski definition) is 0. The van der Waals surface area contributed by atoms with E-state index in [4.69, 9.17) is 14.2 Å². The molecule has 0 aliphatic carbocycles. The van der Waals surface area contributed by atoms with Gasteiger partial charge in [-0.25, -0.2) is 0 Å². The van der Waals surface area contributed by atoms with Crippen molar-refractivity contribution < 1.29 is 28.6 Å². The SMILES string of the molecule is CC/C=C\C/C=C\C/C=C\C/C=C\C/C=C\C/C=C\CCC(=O)OC[C@@H](COC(=O)CCCCCCCCCCCCCC)OC(=O)CCCCCCCCCCCCCCCCCC. The van der Waals surface area contributed by atoms with Crippen molar-refractivity contribution in [3.8, 4) is 0 Å². The maximum Gasteiger partial charge on any atom is 0.306 e. The van der Waals surface area contributed by atoms with Crippen molar-refractivity contribution >= 4 is 17.9 Å². The summed E-state index contributed by atoms with van der Waals surface area (Å²) in [5.74, 6) is -0.975. The van der Waals surface area contributed by atoms with Crippen LogP contribution in [0.25, 0.3) is 0 Å². The zero-order valence-electron chi connectivity index (χ0n) is 42.7. The molecule has 0 amide bonds. The third-order valence-corrected chi connectivity index (χ3v) is 11.7. The molecule has 6 heteroatoms. The second-order valence-corrected chi connectivity index (χ2v) is 18.1. The molecule has 0 saturated carbocycles. The Bertz CT molecular complexity index is 1230. The van der Waals surface area contributed by atoms with Crippen LogP contribution in [0.3, 0.4) is 0 Å². The maximum atomic E-state index is 12.8. The Hall–Kier alpha value is -3.15. The Balaban J connectivity index is 4.46. The minimum atomic E-state index is -0.802. The highest BCUT2D eigenvalue weighted by atomic mass is 16.6. The normalized spacial score (nSPS) is 12.6. The van der Waals surface area contributed by atoms with Crippen LogP contribution in [0.15, 0.2) is 72.9 Å². The van der Waals surface area contributed by atoms with Crippen LogP contribution in [0.4, 0.5) is 0 Å². The molecular formula is C59H102O6. The summed E-state index contributed by atoms with van der Waals surface area (Å²) >= 11 is 0. The van der Waals surface area contributed by atoms with Crippen LogP contribution >= 0.6 is 0 Å². The lowest BCUT2D eigenvalue weighted by molar-refractivity contribution is -0.166. The third kappa shape index (κ3) is 51.7. The molecule has 0 bridgehead atoms. The van der Waals surface area contributed by atoms with Crippen molar-refractivity contribution in [3.05, 3.63) is 72.9 Å². The summed E-state index contributed by atoms with van der Waals surface area (Å²) < 4.78 is 16.8. The first-order chi connectivity index (χ1) is 32.0. The van der Waals surface area contributed by atoms with Gasteiger partial charge in [0.1, 0.15) is 13.2 Å². The highest BCUT2D eigenvalue weighted by Crippen LogP contribution is 2.16. The number of allylic oxidation sites excluding steroid dienone is 12. The third-order valence-electron chi connectivity index (χ3n) is 11.7. The van der Waals surface area contributed by atoms with E-state index >= 15 is 0 Å². The van der Waals surface area contributed by atoms with Crippen molar-refractivity contribution in [1.82, 2.24) is 0 Å². The Morgan fingerprint density at radius 1 is 0.323 bits per heavy atom. The standard InChI is InChI=1S/C59H102O6/c1-4-7-10-13-16-19-22-25-27-29-30-31-33-34-37-40-43-46-49-52-58(61)64-55-56(54-63-57(60)51-48-45-42-39-36-24-21-18-15-12-9-6-3)65-59(62)53-50-47-44-41-38-35-32-28-26-23-20-17-14-11-8-5-2/h7,10,16,19,25,27,30-31,34,37,43,46,56H,4-6,8-9,11-15,17-18,20-24,26,28-29,32-33,35-36,38-42,44-45,47-55H2,1-3H3/b10-7-,19-16-,27-25-,31-30-,37-34-,46-43-/t56-/m1/s1. The van der Waals surface area contributed by atoms with Crippen LogP contribution in [0.2, 0.25) is 0 Å². The average Bonchev–Trinajstić information content (AvgIpc) is 3.30. The molecule has 6 nitrogen and oxygen atoms in total. The molecule has 1 atom stereocenters. The van der Waals surface area contributed by atoms with Crippen LogP contribution in [0, 0.1) is 0 Å². The fourth-order valence-electron chi connectivity index (χ4n) is 7.65. The Morgan fingerprint density at radius 2 is 0.600 bits per heavy atom. The summed E-state index contributed by atoms with van der Waals surface area (Å²) in [6.45, 7) is 6.48. The van der Waals surface area contributed by atoms with Gasteiger partial charge in [0.2, 0.25) is 0 Å². The van der Waals surface area contributed by atoms with E-state index < -0.39 is 6.10 Å². The van der Waals surface area contributed by atoms with E-state index in [-0.39, 0.29) is 37.5 Å². The van der Waals surface area contributed by atoms with Crippen LogP contribution in [0.5, 0.6) is 0 Å². The van der Waals surface area contributed by atoms with Gasteiger partial charge < -0.3 is 14.2 Å². The van der Waals surface area contributed by atoms with Gasteiger partial charge in [-0.15, -0.1) is 0 Å². The van der Waals surface area contributed by atoms with Gasteiger partial charge in [-0.3, -0.25) is 14.4 Å². The lowest BCUT2D eigenvalue weighted by Gasteiger charge is -2.18. The van der Waals surface area contributed by atoms with Crippen molar-refractivity contribution in [2.75, 3.05) is 13.2 Å². The topological polar surface area (TPSA) is 78.9 Å². The van der Waals surface area contributed by atoms with Gasteiger partial charge in [0, 0.05) is 19.3 Å². The molecule has 0 radical (unpaired) electrons. The van der Waals surface area contributed by atoms with E-state index in [1.807, 2.05) is 6.08 Å². The van der Waals surface area contributed by atoms with Crippen LogP contribution in [-0.2, 0) is 28.6 Å². The molecule has 0 fully saturated rings. The highest BCUT2D eigenvalue weighted by molar-refractivity contribution is 5.71. The fourth-order valence-corrected chi connectivity index (χ4v) is 7.65. The molecule has 0 aromatic carbocycles. The molecule has 0 aromatic rings. The summed E-state index contributed by atoms with van der Waals surface area (Å²) in [7, 11) is 0. The van der Waals surface area contributed by atoms with Crippen molar-refractivity contribution in [1.29, 1.82) is 0 Å². The van der Waals surface area contributed by atoms with Gasteiger partial charge in [0.25, 0.3) is 0 Å². The second kappa shape index (κ2) is 53.5. The first-order valence-electron chi connectivity index (χ1n) is 27.4. The van der Waals surface area contributed by atoms with Crippen LogP contribution in [-0.4, -0.2) is 37.2 Å². The molecule has 0 aliphatic rings. The van der Waals surface area contributed by atoms with Gasteiger partial charge in [0.05, 0.1) is 0 Å². The number of carbonyl (C=O) groups excluding carboxylic acids is 3. The van der Waals surface area contributed by atoms with E-state index in [0.29, 0.717) is 19.3 Å². The maximum absolute atomic E-state index is 12.8. The molecule has 0 aromatic heterocycles. The Morgan fingerprint density at radius 3 is 0.938 bits per heavy atom. The van der Waals surface area contributed by atoms with Gasteiger partial charge in [0.15, 0.2) is 6.10 Å². The second-order valence-electron chi connectivity index (χ2n) is 18.1. The average molecular weight is 907 g/mol. The first kappa shape index (κ1) is 61.9. The first-order valence-corrected chi connectivity index (χ1v) is 27.4. The van der Waals surface area contributed by atoms with E-state index in [1.54, 1.807) is 0 Å². The van der Waals surface area contributed by atoms with Crippen LogP contribution in [0.1, 0.15) is 265 Å². The molecule has 0 rings (SSSR count). The van der Waals surface area contributed by atoms with Crippen molar-refractivity contribution in [3.63, 3.8) is 0 Å². The molecule has 0 aliphatic heterocycles. The van der Waals surface area contributed by atoms with Gasteiger partial charge in [-0.05, 0) is 57.8 Å². The summed E-state index contributed by atoms with van der Waals surface area (Å²) in [5, 5.41) is 0. The Kier molecular flexibility index (Phi) is 50.9. The predicted octanol–water partition coefficient (Wildman–Crippen LogP) is 18.2. The molecule has 0 saturated heterocycles. The van der Waals surface area contributed by atoms with Crippen molar-refractivity contribution in [2.24, 2.45) is 0 Å². The van der Waals surface area contributed by atoms with Gasteiger partial charge in [-0.1, -0.05) is 261 Å². The molecule has 65 heavy (non-hydrogen) atoms. The smallest absolute Gasteiger partial charge is 0.306 e. The quantitative estimate of drug-likeness (QED) is 0.0262. The van der Waals surface area contributed by atoms with Gasteiger partial charge in [-0.2, -0.15) is 0 Å². The summed E-state index contributed by atoms with van der Waals surface area (Å²) in [6, 6.07) is 0. The Labute approximate surface area is 402 Å². The molecule has 0 spiro atoms. The predicted molar refractivity (Wildman–Crippen MR) is 279 cm³/mol. The number of carbonyl (C=O) groups is 3. The molecule has 0 N–H and O–H groups in total. The number of esters is 3.